The fraction of sp³-hybridized carbons (Fsp3) is 0.467. The second-order valence-corrected chi connectivity index (χ2v) is 4.77. The fourth-order valence-electron chi connectivity index (χ4n) is 1.68. The van der Waals surface area contributed by atoms with Crippen LogP contribution in [0.5, 0.6) is 11.5 Å². The lowest BCUT2D eigenvalue weighted by atomic mass is 10.2. The summed E-state index contributed by atoms with van der Waals surface area (Å²) in [5.74, 6) is 0.764. The number of hydrogen-bond acceptors (Lipinski definition) is 5. The van der Waals surface area contributed by atoms with Gasteiger partial charge in [0.05, 0.1) is 14.2 Å². The molecule has 0 aliphatic rings. The predicted molar refractivity (Wildman–Crippen MR) is 88.7 cm³/mol. The van der Waals surface area contributed by atoms with Gasteiger partial charge in [0.1, 0.15) is 11.5 Å². The molecule has 1 amide bonds. The Kier molecular flexibility index (Phi) is 8.24. The molecule has 6 nitrogen and oxygen atoms in total. The molecule has 1 aromatic carbocycles. The third-order valence-corrected chi connectivity index (χ3v) is 3.04. The number of ether oxygens (including phenoxy) is 3. The molecule has 0 heterocycles. The number of amides is 1. The van der Waals surface area contributed by atoms with Crippen LogP contribution in [0, 0.1) is 0 Å². The topological polar surface area (TPSA) is 68.8 Å². The van der Waals surface area contributed by atoms with Crippen molar-refractivity contribution < 1.29 is 19.0 Å². The van der Waals surface area contributed by atoms with Crippen molar-refractivity contribution in [1.82, 2.24) is 10.6 Å². The van der Waals surface area contributed by atoms with E-state index in [0.29, 0.717) is 36.8 Å². The van der Waals surface area contributed by atoms with Gasteiger partial charge in [0.15, 0.2) is 5.11 Å². The molecule has 22 heavy (non-hydrogen) atoms. The normalized spacial score (nSPS) is 9.95. The molecule has 0 unspecified atom stereocenters. The van der Waals surface area contributed by atoms with Gasteiger partial charge in [-0.15, -0.1) is 0 Å². The van der Waals surface area contributed by atoms with E-state index in [1.54, 1.807) is 18.2 Å². The highest BCUT2D eigenvalue weighted by atomic mass is 32.1. The van der Waals surface area contributed by atoms with Gasteiger partial charge in [0.25, 0.3) is 5.91 Å². The summed E-state index contributed by atoms with van der Waals surface area (Å²) in [6.07, 6.45) is 0.816. The molecule has 0 bridgehead atoms. The zero-order valence-corrected chi connectivity index (χ0v) is 13.9. The summed E-state index contributed by atoms with van der Waals surface area (Å²) in [5, 5.41) is 5.86. The molecule has 1 aromatic rings. The Bertz CT molecular complexity index is 486. The number of methoxy groups -OCH3 is 2. The molecule has 0 radical (unpaired) electrons. The lowest BCUT2D eigenvalue weighted by Crippen LogP contribution is -2.39. The minimum Gasteiger partial charge on any atom is -0.497 e. The summed E-state index contributed by atoms with van der Waals surface area (Å²) in [4.78, 5) is 12.2. The number of hydrogen-bond donors (Lipinski definition) is 2. The van der Waals surface area contributed by atoms with Crippen molar-refractivity contribution in [1.29, 1.82) is 0 Å². The first kappa shape index (κ1) is 18.2. The van der Waals surface area contributed by atoms with Crippen LogP contribution < -0.4 is 20.1 Å². The first-order valence-electron chi connectivity index (χ1n) is 7.00. The van der Waals surface area contributed by atoms with Gasteiger partial charge in [-0.25, -0.2) is 0 Å². The Morgan fingerprint density at radius 3 is 2.36 bits per heavy atom. The van der Waals surface area contributed by atoms with Gasteiger partial charge in [0.2, 0.25) is 0 Å². The summed E-state index contributed by atoms with van der Waals surface area (Å²) in [6, 6.07) is 4.94. The molecule has 0 aliphatic heterocycles. The van der Waals surface area contributed by atoms with Crippen LogP contribution in [-0.2, 0) is 4.74 Å². The van der Waals surface area contributed by atoms with Crippen LogP contribution in [0.25, 0.3) is 0 Å². The Morgan fingerprint density at radius 1 is 1.18 bits per heavy atom. The van der Waals surface area contributed by atoms with Gasteiger partial charge in [0, 0.05) is 31.4 Å². The maximum atomic E-state index is 12.2. The van der Waals surface area contributed by atoms with Crippen molar-refractivity contribution in [3.8, 4) is 11.5 Å². The van der Waals surface area contributed by atoms with Gasteiger partial charge in [-0.05, 0) is 37.7 Å². The maximum absolute atomic E-state index is 12.2. The van der Waals surface area contributed by atoms with Crippen LogP contribution in [0.1, 0.15) is 23.7 Å². The minimum atomic E-state index is -0.320. The summed E-state index contributed by atoms with van der Waals surface area (Å²) >= 11 is 5.08. The molecule has 0 aliphatic carbocycles. The minimum absolute atomic E-state index is 0.281. The van der Waals surface area contributed by atoms with Gasteiger partial charge in [-0.1, -0.05) is 0 Å². The van der Waals surface area contributed by atoms with Crippen LogP contribution in [0.15, 0.2) is 18.2 Å². The number of nitrogens with one attached hydrogen (secondary N) is 2. The highest BCUT2D eigenvalue weighted by Crippen LogP contribution is 2.22. The second-order valence-electron chi connectivity index (χ2n) is 4.36. The van der Waals surface area contributed by atoms with Crippen LogP contribution in [-0.4, -0.2) is 45.0 Å². The third-order valence-electron chi connectivity index (χ3n) is 2.80. The summed E-state index contributed by atoms with van der Waals surface area (Å²) in [7, 11) is 3.06. The van der Waals surface area contributed by atoms with E-state index < -0.39 is 0 Å². The Morgan fingerprint density at radius 2 is 1.82 bits per heavy atom. The SMILES string of the molecule is CCOCCCNC(=S)NC(=O)c1cc(OC)cc(OC)c1. The predicted octanol–water partition coefficient (Wildman–Crippen LogP) is 1.73. The summed E-state index contributed by atoms with van der Waals surface area (Å²) in [6.45, 7) is 3.94. The van der Waals surface area contributed by atoms with E-state index in [0.717, 1.165) is 6.42 Å². The van der Waals surface area contributed by atoms with Crippen molar-refractivity contribution in [3.05, 3.63) is 23.8 Å². The van der Waals surface area contributed by atoms with Gasteiger partial charge in [-0.3, -0.25) is 10.1 Å². The van der Waals surface area contributed by atoms with Crippen LogP contribution in [0.3, 0.4) is 0 Å². The highest BCUT2D eigenvalue weighted by Gasteiger charge is 2.11. The lowest BCUT2D eigenvalue weighted by molar-refractivity contribution is 0.0976. The monoisotopic (exact) mass is 326 g/mol. The molecule has 0 atom stereocenters. The smallest absolute Gasteiger partial charge is 0.257 e. The number of carbonyl (C=O) groups excluding carboxylic acids is 1. The molecule has 2 N–H and O–H groups in total. The molecular formula is C15H22N2O4S. The maximum Gasteiger partial charge on any atom is 0.257 e. The van der Waals surface area contributed by atoms with Crippen molar-refractivity contribution in [2.75, 3.05) is 34.0 Å². The van der Waals surface area contributed by atoms with Crippen molar-refractivity contribution in [2.24, 2.45) is 0 Å². The Balaban J connectivity index is 2.52. The van der Waals surface area contributed by atoms with E-state index >= 15 is 0 Å². The molecule has 0 saturated heterocycles. The second kappa shape index (κ2) is 9.97. The molecular weight excluding hydrogens is 304 g/mol. The van der Waals surface area contributed by atoms with Gasteiger partial charge < -0.3 is 19.5 Å². The van der Waals surface area contributed by atoms with E-state index in [4.69, 9.17) is 26.4 Å². The standard InChI is InChI=1S/C15H22N2O4S/c1-4-21-7-5-6-16-15(22)17-14(18)11-8-12(19-2)10-13(9-11)20-3/h8-10H,4-7H2,1-3H3,(H2,16,17,18,22). The van der Waals surface area contributed by atoms with E-state index in [9.17, 15) is 4.79 Å². The first-order valence-corrected chi connectivity index (χ1v) is 7.41. The average molecular weight is 326 g/mol. The first-order chi connectivity index (χ1) is 10.6. The number of rotatable bonds is 8. The van der Waals surface area contributed by atoms with E-state index in [1.165, 1.54) is 14.2 Å². The quantitative estimate of drug-likeness (QED) is 0.560. The van der Waals surface area contributed by atoms with E-state index in [2.05, 4.69) is 10.6 Å². The summed E-state index contributed by atoms with van der Waals surface area (Å²) < 4.78 is 15.5. The zero-order chi connectivity index (χ0) is 16.4. The fourth-order valence-corrected chi connectivity index (χ4v) is 1.87. The summed E-state index contributed by atoms with van der Waals surface area (Å²) in [5.41, 5.74) is 0.412. The Labute approximate surface area is 136 Å². The largest absolute Gasteiger partial charge is 0.497 e. The molecule has 0 fully saturated rings. The molecule has 0 spiro atoms. The van der Waals surface area contributed by atoms with Crippen molar-refractivity contribution in [2.45, 2.75) is 13.3 Å². The van der Waals surface area contributed by atoms with Crippen molar-refractivity contribution in [3.63, 3.8) is 0 Å². The van der Waals surface area contributed by atoms with Crippen molar-refractivity contribution >= 4 is 23.2 Å². The number of benzene rings is 1. The molecule has 0 aromatic heterocycles. The molecule has 0 saturated carbocycles. The van der Waals surface area contributed by atoms with Gasteiger partial charge in [-0.2, -0.15) is 0 Å². The third kappa shape index (κ3) is 6.28. The van der Waals surface area contributed by atoms with E-state index in [-0.39, 0.29) is 11.0 Å². The number of thiocarbonyl (C=S) groups is 1. The zero-order valence-electron chi connectivity index (χ0n) is 13.1. The lowest BCUT2D eigenvalue weighted by Gasteiger charge is -2.11. The average Bonchev–Trinajstić information content (AvgIpc) is 2.53. The van der Waals surface area contributed by atoms with Gasteiger partial charge >= 0.3 is 0 Å². The van der Waals surface area contributed by atoms with Crippen LogP contribution >= 0.6 is 12.2 Å². The van der Waals surface area contributed by atoms with E-state index in [1.807, 2.05) is 6.92 Å². The highest BCUT2D eigenvalue weighted by molar-refractivity contribution is 7.80. The Hall–Kier alpha value is -1.86. The molecule has 1 rings (SSSR count). The molecule has 7 heteroatoms. The molecule has 122 valence electrons. The van der Waals surface area contributed by atoms with Crippen LogP contribution in [0.4, 0.5) is 0 Å². The van der Waals surface area contributed by atoms with Crippen LogP contribution in [0.2, 0.25) is 0 Å². The number of carbonyl (C=O) groups is 1.